The third-order valence-electron chi connectivity index (χ3n) is 1.76. The number of hydrogen-bond donors (Lipinski definition) is 2. The molecule has 0 aliphatic rings. The fourth-order valence-corrected chi connectivity index (χ4v) is 1.69. The Hall–Kier alpha value is -1.13. The van der Waals surface area contributed by atoms with Crippen LogP contribution in [0.25, 0.3) is 0 Å². The van der Waals surface area contributed by atoms with Crippen molar-refractivity contribution in [3.63, 3.8) is 0 Å². The predicted molar refractivity (Wildman–Crippen MR) is 53.5 cm³/mol. The van der Waals surface area contributed by atoms with E-state index in [4.69, 9.17) is 0 Å². The lowest BCUT2D eigenvalue weighted by Crippen LogP contribution is -2.11. The van der Waals surface area contributed by atoms with Crippen LogP contribution in [-0.2, 0) is 13.1 Å². The first-order valence-corrected chi connectivity index (χ1v) is 5.03. The van der Waals surface area contributed by atoms with E-state index in [-0.39, 0.29) is 0 Å². The van der Waals surface area contributed by atoms with Crippen LogP contribution in [0.5, 0.6) is 0 Å². The van der Waals surface area contributed by atoms with E-state index in [1.807, 2.05) is 24.0 Å². The summed E-state index contributed by atoms with van der Waals surface area (Å²) in [6.45, 7) is 1.77. The maximum Gasteiger partial charge on any atom is 0.0794 e. The van der Waals surface area contributed by atoms with E-state index in [0.29, 0.717) is 0 Å². The van der Waals surface area contributed by atoms with Gasteiger partial charge in [-0.15, -0.1) is 11.3 Å². The van der Waals surface area contributed by atoms with Gasteiger partial charge < -0.3 is 10.3 Å². The summed E-state index contributed by atoms with van der Waals surface area (Å²) in [5.74, 6) is 0. The maximum absolute atomic E-state index is 4.01. The monoisotopic (exact) mass is 193 g/mol. The molecule has 4 heteroatoms. The zero-order valence-electron chi connectivity index (χ0n) is 7.16. The molecular weight excluding hydrogens is 182 g/mol. The quantitative estimate of drug-likeness (QED) is 0.776. The number of hydrogen-bond acceptors (Lipinski definition) is 3. The molecule has 0 aromatic carbocycles. The number of thiazole rings is 1. The van der Waals surface area contributed by atoms with Crippen LogP contribution in [-0.4, -0.2) is 9.97 Å². The summed E-state index contributed by atoms with van der Waals surface area (Å²) >= 11 is 1.68. The standard InChI is InChI=1S/C9H11N3S/c1-2-8(12-3-1)4-10-5-9-6-11-7-13-9/h1-3,6-7,10,12H,4-5H2. The van der Waals surface area contributed by atoms with Gasteiger partial charge in [-0.3, -0.25) is 4.98 Å². The summed E-state index contributed by atoms with van der Waals surface area (Å²) in [4.78, 5) is 8.42. The Balaban J connectivity index is 1.76. The van der Waals surface area contributed by atoms with Crippen molar-refractivity contribution in [1.82, 2.24) is 15.3 Å². The third-order valence-corrected chi connectivity index (χ3v) is 2.54. The fourth-order valence-electron chi connectivity index (χ4n) is 1.13. The Labute approximate surface area is 80.8 Å². The second-order valence-electron chi connectivity index (χ2n) is 2.77. The van der Waals surface area contributed by atoms with E-state index < -0.39 is 0 Å². The summed E-state index contributed by atoms with van der Waals surface area (Å²) in [5, 5.41) is 3.33. The first kappa shape index (κ1) is 8.47. The van der Waals surface area contributed by atoms with Crippen LogP contribution in [0.3, 0.4) is 0 Å². The van der Waals surface area contributed by atoms with Crippen LogP contribution in [0.1, 0.15) is 10.6 Å². The topological polar surface area (TPSA) is 40.7 Å². The van der Waals surface area contributed by atoms with E-state index in [9.17, 15) is 0 Å². The van der Waals surface area contributed by atoms with Crippen molar-refractivity contribution in [3.8, 4) is 0 Å². The second kappa shape index (κ2) is 4.20. The van der Waals surface area contributed by atoms with Crippen LogP contribution in [0.4, 0.5) is 0 Å². The molecule has 0 aliphatic heterocycles. The number of nitrogens with zero attached hydrogens (tertiary/aromatic N) is 1. The number of aromatic nitrogens is 2. The van der Waals surface area contributed by atoms with Gasteiger partial charge in [0.25, 0.3) is 0 Å². The molecule has 2 N–H and O–H groups in total. The highest BCUT2D eigenvalue weighted by molar-refractivity contribution is 7.09. The van der Waals surface area contributed by atoms with Gasteiger partial charge in [-0.05, 0) is 12.1 Å². The Morgan fingerprint density at radius 3 is 3.15 bits per heavy atom. The molecule has 2 rings (SSSR count). The Bertz CT molecular complexity index is 291. The number of rotatable bonds is 4. The third kappa shape index (κ3) is 2.40. The van der Waals surface area contributed by atoms with Gasteiger partial charge in [0.15, 0.2) is 0 Å². The lowest BCUT2D eigenvalue weighted by Gasteiger charge is -1.99. The van der Waals surface area contributed by atoms with Crippen molar-refractivity contribution in [2.45, 2.75) is 13.1 Å². The van der Waals surface area contributed by atoms with Crippen LogP contribution in [0, 0.1) is 0 Å². The Morgan fingerprint density at radius 2 is 2.46 bits per heavy atom. The number of nitrogens with one attached hydrogen (secondary N) is 2. The smallest absolute Gasteiger partial charge is 0.0794 e. The molecule has 3 nitrogen and oxygen atoms in total. The molecule has 0 radical (unpaired) electrons. The summed E-state index contributed by atoms with van der Waals surface area (Å²) in [7, 11) is 0. The van der Waals surface area contributed by atoms with Gasteiger partial charge in [-0.25, -0.2) is 0 Å². The molecule has 2 heterocycles. The van der Waals surface area contributed by atoms with E-state index in [1.165, 1.54) is 10.6 Å². The fraction of sp³-hybridized carbons (Fsp3) is 0.222. The molecule has 0 aliphatic carbocycles. The van der Waals surface area contributed by atoms with Gasteiger partial charge in [-0.1, -0.05) is 0 Å². The molecule has 13 heavy (non-hydrogen) atoms. The minimum absolute atomic E-state index is 0.880. The van der Waals surface area contributed by atoms with Gasteiger partial charge >= 0.3 is 0 Å². The van der Waals surface area contributed by atoms with Crippen molar-refractivity contribution in [2.75, 3.05) is 0 Å². The average molecular weight is 193 g/mol. The van der Waals surface area contributed by atoms with Gasteiger partial charge in [0.1, 0.15) is 0 Å². The first-order chi connectivity index (χ1) is 6.45. The van der Waals surface area contributed by atoms with Crippen molar-refractivity contribution in [2.24, 2.45) is 0 Å². The van der Waals surface area contributed by atoms with E-state index in [2.05, 4.69) is 21.4 Å². The van der Waals surface area contributed by atoms with Crippen molar-refractivity contribution in [3.05, 3.63) is 40.6 Å². The molecule has 0 spiro atoms. The molecule has 68 valence electrons. The van der Waals surface area contributed by atoms with E-state index >= 15 is 0 Å². The second-order valence-corrected chi connectivity index (χ2v) is 3.74. The highest BCUT2D eigenvalue weighted by atomic mass is 32.1. The van der Waals surface area contributed by atoms with Gasteiger partial charge in [0, 0.05) is 36.1 Å². The summed E-state index contributed by atoms with van der Waals surface area (Å²) in [6, 6.07) is 4.07. The molecule has 0 saturated heterocycles. The lowest BCUT2D eigenvalue weighted by atomic mass is 10.4. The first-order valence-electron chi connectivity index (χ1n) is 4.15. The maximum atomic E-state index is 4.01. The largest absolute Gasteiger partial charge is 0.364 e. The molecule has 0 saturated carbocycles. The average Bonchev–Trinajstić information content (AvgIpc) is 2.75. The molecule has 2 aromatic rings. The van der Waals surface area contributed by atoms with E-state index in [1.54, 1.807) is 11.3 Å². The van der Waals surface area contributed by atoms with Crippen molar-refractivity contribution >= 4 is 11.3 Å². The normalized spacial score (nSPS) is 10.5. The van der Waals surface area contributed by atoms with Gasteiger partial charge in [0.2, 0.25) is 0 Å². The van der Waals surface area contributed by atoms with Crippen LogP contribution < -0.4 is 5.32 Å². The molecule has 0 amide bonds. The number of aromatic amines is 1. The zero-order chi connectivity index (χ0) is 8.93. The Kier molecular flexibility index (Phi) is 2.74. The summed E-state index contributed by atoms with van der Waals surface area (Å²) < 4.78 is 0. The molecule has 0 unspecified atom stereocenters. The minimum Gasteiger partial charge on any atom is -0.364 e. The van der Waals surface area contributed by atoms with Crippen molar-refractivity contribution < 1.29 is 0 Å². The summed E-state index contributed by atoms with van der Waals surface area (Å²) in [5.41, 5.74) is 3.07. The lowest BCUT2D eigenvalue weighted by molar-refractivity contribution is 0.689. The molecule has 0 bridgehead atoms. The zero-order valence-corrected chi connectivity index (χ0v) is 7.97. The van der Waals surface area contributed by atoms with Gasteiger partial charge in [-0.2, -0.15) is 0 Å². The molecule has 2 aromatic heterocycles. The highest BCUT2D eigenvalue weighted by Gasteiger charge is 1.94. The van der Waals surface area contributed by atoms with Crippen LogP contribution in [0.2, 0.25) is 0 Å². The van der Waals surface area contributed by atoms with Crippen LogP contribution in [0.15, 0.2) is 30.0 Å². The van der Waals surface area contributed by atoms with Crippen molar-refractivity contribution in [1.29, 1.82) is 0 Å². The SMILES string of the molecule is c1c[nH]c(CNCc2cncs2)c1. The molecular formula is C9H11N3S. The van der Waals surface area contributed by atoms with Crippen LogP contribution >= 0.6 is 11.3 Å². The summed E-state index contributed by atoms with van der Waals surface area (Å²) in [6.07, 6.45) is 3.83. The number of H-pyrrole nitrogens is 1. The predicted octanol–water partition coefficient (Wildman–Crippen LogP) is 1.76. The minimum atomic E-state index is 0.880. The Morgan fingerprint density at radius 1 is 1.46 bits per heavy atom. The van der Waals surface area contributed by atoms with E-state index in [0.717, 1.165) is 13.1 Å². The molecule has 0 fully saturated rings. The highest BCUT2D eigenvalue weighted by Crippen LogP contribution is 2.04. The van der Waals surface area contributed by atoms with Gasteiger partial charge in [0.05, 0.1) is 5.51 Å². The molecule has 0 atom stereocenters.